The van der Waals surface area contributed by atoms with Crippen molar-refractivity contribution in [2.45, 2.75) is 44.4 Å². The van der Waals surface area contributed by atoms with E-state index in [-0.39, 0.29) is 0 Å². The standard InChI is InChI=1S/C25H31GeN/c1-25(2,3)17-22-16-24(27-18-23(22)26(4,5)6)21-14-10-13-20(15-21)19-11-8-7-9-12-19/h7-16,18H,17H2,1-6H3/i17D2. The molecule has 1 nitrogen and oxygen atoms in total. The second kappa shape index (κ2) is 7.63. The van der Waals surface area contributed by atoms with Gasteiger partial charge in [-0.15, -0.1) is 0 Å². The van der Waals surface area contributed by atoms with E-state index in [0.717, 1.165) is 26.8 Å². The molecule has 0 saturated heterocycles. The van der Waals surface area contributed by atoms with E-state index in [0.29, 0.717) is 0 Å². The molecule has 0 N–H and O–H groups in total. The summed E-state index contributed by atoms with van der Waals surface area (Å²) in [6.45, 7) is 5.92. The van der Waals surface area contributed by atoms with Gasteiger partial charge in [-0.25, -0.2) is 0 Å². The minimum absolute atomic E-state index is 0.500. The first-order valence-electron chi connectivity index (χ1n) is 10.6. The second-order valence-electron chi connectivity index (χ2n) is 9.19. The Kier molecular flexibility index (Phi) is 4.88. The Morgan fingerprint density at radius 2 is 1.48 bits per heavy atom. The van der Waals surface area contributed by atoms with Gasteiger partial charge < -0.3 is 0 Å². The Morgan fingerprint density at radius 1 is 0.852 bits per heavy atom. The van der Waals surface area contributed by atoms with Crippen LogP contribution < -0.4 is 4.40 Å². The van der Waals surface area contributed by atoms with Gasteiger partial charge >= 0.3 is 170 Å². The van der Waals surface area contributed by atoms with Crippen LogP contribution in [0.5, 0.6) is 0 Å². The number of nitrogens with zero attached hydrogens (tertiary/aromatic N) is 1. The molecule has 0 bridgehead atoms. The molecule has 2 aromatic carbocycles. The van der Waals surface area contributed by atoms with E-state index < -0.39 is 25.1 Å². The molecule has 3 rings (SSSR count). The molecule has 0 saturated carbocycles. The monoisotopic (exact) mass is 421 g/mol. The van der Waals surface area contributed by atoms with E-state index in [2.05, 4.69) is 47.6 Å². The molecule has 0 atom stereocenters. The van der Waals surface area contributed by atoms with Gasteiger partial charge in [0.25, 0.3) is 0 Å². The quantitative estimate of drug-likeness (QED) is 0.437. The number of hydrogen-bond donors (Lipinski definition) is 0. The van der Waals surface area contributed by atoms with Gasteiger partial charge in [0.15, 0.2) is 0 Å². The molecule has 2 heteroatoms. The van der Waals surface area contributed by atoms with Crippen molar-refractivity contribution in [1.82, 2.24) is 4.98 Å². The second-order valence-corrected chi connectivity index (χ2v) is 19.8. The first-order valence-corrected chi connectivity index (χ1v) is 16.9. The SMILES string of the molecule is [2H]C([2H])(c1cc(-c2cccc(-c3ccccc3)c2)nc[c]1[Ge]([CH3])([CH3])[CH3])C(C)(C)C. The van der Waals surface area contributed by atoms with Crippen molar-refractivity contribution in [3.8, 4) is 22.4 Å². The predicted molar refractivity (Wildman–Crippen MR) is 121 cm³/mol. The first-order chi connectivity index (χ1) is 13.4. The van der Waals surface area contributed by atoms with E-state index >= 15 is 0 Å². The van der Waals surface area contributed by atoms with Crippen LogP contribution in [0.25, 0.3) is 22.4 Å². The topological polar surface area (TPSA) is 12.9 Å². The van der Waals surface area contributed by atoms with Gasteiger partial charge in [-0.3, -0.25) is 0 Å². The van der Waals surface area contributed by atoms with Crippen LogP contribution in [-0.4, -0.2) is 18.3 Å². The van der Waals surface area contributed by atoms with Crippen molar-refractivity contribution in [3.63, 3.8) is 0 Å². The molecule has 1 heterocycles. The fourth-order valence-corrected chi connectivity index (χ4v) is 6.13. The molecular formula is C25H31GeN. The van der Waals surface area contributed by atoms with E-state index in [9.17, 15) is 0 Å². The third-order valence-electron chi connectivity index (χ3n) is 4.49. The van der Waals surface area contributed by atoms with Crippen LogP contribution in [0.3, 0.4) is 0 Å². The van der Waals surface area contributed by atoms with Crippen molar-refractivity contribution in [2.24, 2.45) is 5.41 Å². The zero-order valence-electron chi connectivity index (χ0n) is 19.3. The summed E-state index contributed by atoms with van der Waals surface area (Å²) >= 11 is -2.30. The molecule has 0 aliphatic rings. The van der Waals surface area contributed by atoms with E-state index in [4.69, 9.17) is 7.73 Å². The van der Waals surface area contributed by atoms with Crippen molar-refractivity contribution in [3.05, 3.63) is 72.4 Å². The van der Waals surface area contributed by atoms with Crippen molar-refractivity contribution in [2.75, 3.05) is 0 Å². The minimum atomic E-state index is -2.30. The number of hydrogen-bond acceptors (Lipinski definition) is 1. The normalized spacial score (nSPS) is 13.9. The molecule has 0 radical (unpaired) electrons. The first kappa shape index (κ1) is 17.2. The molecule has 27 heavy (non-hydrogen) atoms. The summed E-state index contributed by atoms with van der Waals surface area (Å²) in [5, 5.41) is 0. The van der Waals surface area contributed by atoms with E-state index in [1.54, 1.807) is 0 Å². The van der Waals surface area contributed by atoms with Crippen LogP contribution in [0.15, 0.2) is 66.9 Å². The van der Waals surface area contributed by atoms with E-state index in [1.165, 1.54) is 5.56 Å². The summed E-state index contributed by atoms with van der Waals surface area (Å²) < 4.78 is 19.0. The number of pyridine rings is 1. The Labute approximate surface area is 170 Å². The van der Waals surface area contributed by atoms with Crippen LogP contribution in [0.2, 0.25) is 17.3 Å². The van der Waals surface area contributed by atoms with Crippen molar-refractivity contribution >= 4 is 17.7 Å². The molecule has 0 fully saturated rings. The Balaban J connectivity index is 2.17. The third-order valence-corrected chi connectivity index (χ3v) is 8.71. The van der Waals surface area contributed by atoms with Crippen molar-refractivity contribution in [1.29, 1.82) is 0 Å². The number of aromatic nitrogens is 1. The molecular weight excluding hydrogens is 387 g/mol. The molecule has 1 aromatic heterocycles. The molecule has 0 unspecified atom stereocenters. The van der Waals surface area contributed by atoms with Crippen LogP contribution >= 0.6 is 0 Å². The van der Waals surface area contributed by atoms with Crippen LogP contribution in [0, 0.1) is 5.41 Å². The fraction of sp³-hybridized carbons (Fsp3) is 0.320. The Bertz CT molecular complexity index is 999. The predicted octanol–water partition coefficient (Wildman–Crippen LogP) is 6.55. The summed E-state index contributed by atoms with van der Waals surface area (Å²) in [4.78, 5) is 4.79. The Hall–Kier alpha value is -1.87. The number of benzene rings is 2. The molecule has 140 valence electrons. The molecule has 0 aliphatic carbocycles. The van der Waals surface area contributed by atoms with Crippen LogP contribution in [-0.2, 0) is 6.37 Å². The van der Waals surface area contributed by atoms with Crippen molar-refractivity contribution < 1.29 is 2.74 Å². The molecule has 3 aromatic rings. The number of rotatable bonds is 4. The fourth-order valence-electron chi connectivity index (χ4n) is 3.21. The van der Waals surface area contributed by atoms with Gasteiger partial charge in [0, 0.05) is 0 Å². The maximum absolute atomic E-state index is 8.94. The van der Waals surface area contributed by atoms with Gasteiger partial charge in [0.2, 0.25) is 0 Å². The zero-order valence-corrected chi connectivity index (χ0v) is 19.4. The summed E-state index contributed by atoms with van der Waals surface area (Å²) in [7, 11) is 0. The van der Waals surface area contributed by atoms with Gasteiger partial charge in [0.1, 0.15) is 0 Å². The van der Waals surface area contributed by atoms with Gasteiger partial charge in [-0.05, 0) is 0 Å². The van der Waals surface area contributed by atoms with Crippen LogP contribution in [0.1, 0.15) is 29.1 Å². The summed E-state index contributed by atoms with van der Waals surface area (Å²) in [6.07, 6.45) is 0.513. The van der Waals surface area contributed by atoms with E-state index in [1.807, 2.05) is 57.3 Å². The Morgan fingerprint density at radius 3 is 2.11 bits per heavy atom. The van der Waals surface area contributed by atoms with Gasteiger partial charge in [-0.1, -0.05) is 0 Å². The average Bonchev–Trinajstić information content (AvgIpc) is 2.67. The summed E-state index contributed by atoms with van der Waals surface area (Å²) in [5.41, 5.74) is 4.47. The van der Waals surface area contributed by atoms with Gasteiger partial charge in [-0.2, -0.15) is 0 Å². The summed E-state index contributed by atoms with van der Waals surface area (Å²) in [5.74, 6) is 6.90. The summed E-state index contributed by atoms with van der Waals surface area (Å²) in [6, 6.07) is 20.7. The molecule has 0 amide bonds. The molecule has 0 aliphatic heterocycles. The maximum atomic E-state index is 8.94. The third kappa shape index (κ3) is 5.10. The van der Waals surface area contributed by atoms with Crippen LogP contribution in [0.4, 0.5) is 0 Å². The zero-order chi connectivity index (χ0) is 21.4. The van der Waals surface area contributed by atoms with Gasteiger partial charge in [0.05, 0.1) is 0 Å². The average molecular weight is 420 g/mol. The molecule has 0 spiro atoms.